The van der Waals surface area contributed by atoms with Gasteiger partial charge in [-0.3, -0.25) is 0 Å². The normalized spacial score (nSPS) is 29.7. The van der Waals surface area contributed by atoms with E-state index in [4.69, 9.17) is 9.47 Å². The fourth-order valence-electron chi connectivity index (χ4n) is 3.20. The van der Waals surface area contributed by atoms with Crippen LogP contribution in [-0.4, -0.2) is 32.5 Å². The van der Waals surface area contributed by atoms with Crippen molar-refractivity contribution < 1.29 is 9.47 Å². The smallest absolute Gasteiger partial charge is 0.106 e. The first kappa shape index (κ1) is 13.1. The second kappa shape index (κ2) is 5.23. The lowest BCUT2D eigenvalue weighted by Gasteiger charge is -2.28. The number of ether oxygens (including phenoxy) is 2. The first-order valence-electron chi connectivity index (χ1n) is 7.18. The third kappa shape index (κ3) is 2.55. The maximum atomic E-state index is 5.68. The summed E-state index contributed by atoms with van der Waals surface area (Å²) in [6, 6.07) is 7.28. The highest BCUT2D eigenvalue weighted by molar-refractivity contribution is 5.37. The number of hydrogen-bond acceptors (Lipinski definition) is 3. The Kier molecular flexibility index (Phi) is 3.61. The van der Waals surface area contributed by atoms with Crippen LogP contribution in [0.2, 0.25) is 0 Å². The van der Waals surface area contributed by atoms with Gasteiger partial charge in [-0.2, -0.15) is 0 Å². The zero-order chi connectivity index (χ0) is 13.3. The van der Waals surface area contributed by atoms with Gasteiger partial charge in [0.15, 0.2) is 0 Å². The van der Waals surface area contributed by atoms with Gasteiger partial charge < -0.3 is 14.8 Å². The van der Waals surface area contributed by atoms with Crippen LogP contribution in [0.4, 0.5) is 0 Å². The Labute approximate surface area is 115 Å². The molecule has 3 nitrogen and oxygen atoms in total. The third-order valence-corrected chi connectivity index (χ3v) is 4.55. The Bertz CT molecular complexity index is 452. The van der Waals surface area contributed by atoms with E-state index in [1.54, 1.807) is 7.11 Å². The highest BCUT2D eigenvalue weighted by Gasteiger charge is 2.36. The summed E-state index contributed by atoms with van der Waals surface area (Å²) in [5.74, 6) is 0. The number of nitrogens with one attached hydrogen (secondary N) is 1. The summed E-state index contributed by atoms with van der Waals surface area (Å²) < 4.78 is 11.2. The Balaban J connectivity index is 1.68. The predicted molar refractivity (Wildman–Crippen MR) is 75.4 cm³/mol. The average molecular weight is 261 g/mol. The topological polar surface area (TPSA) is 30.5 Å². The van der Waals surface area contributed by atoms with Crippen molar-refractivity contribution in [1.29, 1.82) is 0 Å². The molecule has 2 aliphatic rings. The minimum atomic E-state index is -0.118. The van der Waals surface area contributed by atoms with Crippen LogP contribution in [0, 0.1) is 6.92 Å². The molecule has 0 saturated carbocycles. The summed E-state index contributed by atoms with van der Waals surface area (Å²) in [5, 5.41) is 3.69. The van der Waals surface area contributed by atoms with E-state index in [0.717, 1.165) is 19.6 Å². The molecule has 104 valence electrons. The molecule has 2 unspecified atom stereocenters. The van der Waals surface area contributed by atoms with Crippen molar-refractivity contribution >= 4 is 0 Å². The maximum Gasteiger partial charge on any atom is 0.106 e. The number of fused-ring (bicyclic) bond motifs is 1. The molecule has 0 bridgehead atoms. The van der Waals surface area contributed by atoms with Gasteiger partial charge in [0, 0.05) is 32.7 Å². The van der Waals surface area contributed by atoms with Crippen LogP contribution in [0.3, 0.4) is 0 Å². The van der Waals surface area contributed by atoms with E-state index in [1.807, 2.05) is 0 Å². The minimum Gasteiger partial charge on any atom is -0.378 e. The Morgan fingerprint density at radius 3 is 3.11 bits per heavy atom. The number of rotatable bonds is 4. The molecule has 1 aromatic carbocycles. The molecule has 0 radical (unpaired) electrons. The van der Waals surface area contributed by atoms with Crippen LogP contribution in [0.1, 0.15) is 35.6 Å². The van der Waals surface area contributed by atoms with E-state index in [1.165, 1.54) is 29.5 Å². The summed E-state index contributed by atoms with van der Waals surface area (Å²) in [4.78, 5) is 0. The van der Waals surface area contributed by atoms with Gasteiger partial charge in [0.1, 0.15) is 5.60 Å². The monoisotopic (exact) mass is 261 g/mol. The summed E-state index contributed by atoms with van der Waals surface area (Å²) in [6.45, 7) is 4.57. The lowest BCUT2D eigenvalue weighted by atomic mass is 10.0. The molecule has 3 rings (SSSR count). The number of hydrogen-bond donors (Lipinski definition) is 1. The second-order valence-electron chi connectivity index (χ2n) is 5.86. The lowest BCUT2D eigenvalue weighted by molar-refractivity contribution is -0.0175. The summed E-state index contributed by atoms with van der Waals surface area (Å²) in [7, 11) is 1.79. The standard InChI is InChI=1S/C16H23NO2/c1-12-3-4-13-5-6-15(14(13)9-12)17-10-16(18-2)7-8-19-11-16/h3-4,9,15,17H,5-8,10-11H2,1-2H3. The van der Waals surface area contributed by atoms with Crippen LogP contribution in [0.25, 0.3) is 0 Å². The maximum absolute atomic E-state index is 5.68. The first-order chi connectivity index (χ1) is 9.22. The van der Waals surface area contributed by atoms with Gasteiger partial charge in [0.2, 0.25) is 0 Å². The average Bonchev–Trinajstić information content (AvgIpc) is 3.03. The van der Waals surface area contributed by atoms with Crippen molar-refractivity contribution in [3.63, 3.8) is 0 Å². The molecule has 1 N–H and O–H groups in total. The molecule has 1 saturated heterocycles. The summed E-state index contributed by atoms with van der Waals surface area (Å²) in [6.07, 6.45) is 3.37. The first-order valence-corrected chi connectivity index (χ1v) is 7.18. The lowest BCUT2D eigenvalue weighted by Crippen LogP contribution is -2.43. The van der Waals surface area contributed by atoms with Gasteiger partial charge in [-0.05, 0) is 30.9 Å². The van der Waals surface area contributed by atoms with Crippen LogP contribution in [0.15, 0.2) is 18.2 Å². The van der Waals surface area contributed by atoms with Crippen molar-refractivity contribution in [2.24, 2.45) is 0 Å². The van der Waals surface area contributed by atoms with Crippen LogP contribution in [-0.2, 0) is 15.9 Å². The van der Waals surface area contributed by atoms with Gasteiger partial charge in [-0.25, -0.2) is 0 Å². The number of aryl methyl sites for hydroxylation is 2. The molecular formula is C16H23NO2. The Morgan fingerprint density at radius 2 is 2.37 bits per heavy atom. The molecule has 19 heavy (non-hydrogen) atoms. The molecule has 1 aliphatic carbocycles. The van der Waals surface area contributed by atoms with Crippen molar-refractivity contribution in [1.82, 2.24) is 5.32 Å². The minimum absolute atomic E-state index is 0.118. The van der Waals surface area contributed by atoms with E-state index in [0.29, 0.717) is 12.6 Å². The molecule has 1 aliphatic heterocycles. The molecule has 3 heteroatoms. The second-order valence-corrected chi connectivity index (χ2v) is 5.86. The van der Waals surface area contributed by atoms with Gasteiger partial charge in [0.25, 0.3) is 0 Å². The van der Waals surface area contributed by atoms with Gasteiger partial charge in [0.05, 0.1) is 6.61 Å². The Hall–Kier alpha value is -0.900. The number of benzene rings is 1. The fourth-order valence-corrected chi connectivity index (χ4v) is 3.20. The van der Waals surface area contributed by atoms with Crippen molar-refractivity contribution in [3.8, 4) is 0 Å². The van der Waals surface area contributed by atoms with Gasteiger partial charge in [-0.15, -0.1) is 0 Å². The van der Waals surface area contributed by atoms with Crippen molar-refractivity contribution in [2.75, 3.05) is 26.9 Å². The molecule has 1 fully saturated rings. The van der Waals surface area contributed by atoms with E-state index in [-0.39, 0.29) is 5.60 Å². The zero-order valence-corrected chi connectivity index (χ0v) is 11.9. The Morgan fingerprint density at radius 1 is 1.47 bits per heavy atom. The molecule has 2 atom stereocenters. The fraction of sp³-hybridized carbons (Fsp3) is 0.625. The molecule has 0 aromatic heterocycles. The van der Waals surface area contributed by atoms with Crippen molar-refractivity contribution in [2.45, 2.75) is 37.8 Å². The zero-order valence-electron chi connectivity index (χ0n) is 11.9. The van der Waals surface area contributed by atoms with Crippen LogP contribution >= 0.6 is 0 Å². The molecular weight excluding hydrogens is 238 g/mol. The quantitative estimate of drug-likeness (QED) is 0.902. The third-order valence-electron chi connectivity index (χ3n) is 4.55. The molecule has 1 heterocycles. The van der Waals surface area contributed by atoms with Gasteiger partial charge >= 0.3 is 0 Å². The molecule has 0 spiro atoms. The van der Waals surface area contributed by atoms with Crippen LogP contribution < -0.4 is 5.32 Å². The highest BCUT2D eigenvalue weighted by atomic mass is 16.5. The number of methoxy groups -OCH3 is 1. The molecule has 1 aromatic rings. The largest absolute Gasteiger partial charge is 0.378 e. The van der Waals surface area contributed by atoms with E-state index in [2.05, 4.69) is 30.4 Å². The van der Waals surface area contributed by atoms with E-state index in [9.17, 15) is 0 Å². The summed E-state index contributed by atoms with van der Waals surface area (Å²) >= 11 is 0. The SMILES string of the molecule is COC1(CNC2CCc3ccc(C)cc32)CCOC1. The van der Waals surface area contributed by atoms with Crippen molar-refractivity contribution in [3.05, 3.63) is 34.9 Å². The predicted octanol–water partition coefficient (Wildman–Crippen LogP) is 2.38. The highest BCUT2D eigenvalue weighted by Crippen LogP contribution is 2.32. The van der Waals surface area contributed by atoms with Crippen LogP contribution in [0.5, 0.6) is 0 Å². The van der Waals surface area contributed by atoms with Gasteiger partial charge in [-0.1, -0.05) is 23.8 Å². The van der Waals surface area contributed by atoms with E-state index >= 15 is 0 Å². The molecule has 0 amide bonds. The van der Waals surface area contributed by atoms with E-state index < -0.39 is 0 Å². The summed E-state index contributed by atoms with van der Waals surface area (Å²) in [5.41, 5.74) is 4.20.